The van der Waals surface area contributed by atoms with Crippen molar-refractivity contribution in [1.82, 2.24) is 15.0 Å². The van der Waals surface area contributed by atoms with Crippen LogP contribution >= 0.6 is 11.8 Å². The number of fused-ring (bicyclic) bond motifs is 9. The van der Waals surface area contributed by atoms with Gasteiger partial charge in [-0.05, 0) is 79.9 Å². The zero-order valence-corrected chi connectivity index (χ0v) is 32.0. The molecule has 0 bridgehead atoms. The maximum atomic E-state index is 9.27. The molecule has 1 aliphatic carbocycles. The second-order valence-electron chi connectivity index (χ2n) is 14.7. The van der Waals surface area contributed by atoms with Crippen molar-refractivity contribution < 1.29 is 0 Å². The van der Waals surface area contributed by atoms with Crippen molar-refractivity contribution in [3.05, 3.63) is 222 Å². The van der Waals surface area contributed by atoms with Crippen LogP contribution in [-0.2, 0) is 5.41 Å². The Morgan fingerprint density at radius 1 is 0.362 bits per heavy atom. The van der Waals surface area contributed by atoms with Crippen LogP contribution in [-0.4, -0.2) is 15.0 Å². The van der Waals surface area contributed by atoms with Crippen LogP contribution in [0.4, 0.5) is 0 Å². The summed E-state index contributed by atoms with van der Waals surface area (Å²) in [6, 6.07) is 70.5. The van der Waals surface area contributed by atoms with Crippen LogP contribution in [0.25, 0.3) is 67.5 Å². The molecule has 2 aliphatic rings. The highest BCUT2D eigenvalue weighted by molar-refractivity contribution is 7.99. The molecule has 9 aromatic rings. The summed E-state index contributed by atoms with van der Waals surface area (Å²) in [6.07, 6.45) is 0. The average molecular weight is 757 g/mol. The lowest BCUT2D eigenvalue weighted by molar-refractivity contribution is 0.722. The third-order valence-corrected chi connectivity index (χ3v) is 12.6. The van der Waals surface area contributed by atoms with E-state index in [0.29, 0.717) is 23.0 Å². The minimum Gasteiger partial charge on any atom is -0.208 e. The van der Waals surface area contributed by atoms with Crippen LogP contribution in [0.1, 0.15) is 27.8 Å². The van der Waals surface area contributed by atoms with E-state index < -0.39 is 5.41 Å². The summed E-state index contributed by atoms with van der Waals surface area (Å²) in [5, 5.41) is 9.27. The van der Waals surface area contributed by atoms with Crippen LogP contribution in [0.2, 0.25) is 0 Å². The van der Waals surface area contributed by atoms with Gasteiger partial charge in [0.05, 0.1) is 17.0 Å². The van der Waals surface area contributed by atoms with E-state index in [1.807, 2.05) is 96.7 Å². The Labute approximate surface area is 341 Å². The zero-order chi connectivity index (χ0) is 38.6. The SMILES string of the molecule is N#Cc1ccc(-c2ccc(-c3ccc4c(c3)Sc3cc(-c5nc(-c6ccccc6)nc(-c6ccccc6)n5)ccc3C43c4ccccc4-c4ccccc43)cc2)cc1. The summed E-state index contributed by atoms with van der Waals surface area (Å²) in [5.41, 5.74) is 15.2. The predicted octanol–water partition coefficient (Wildman–Crippen LogP) is 12.9. The van der Waals surface area contributed by atoms with Crippen molar-refractivity contribution in [2.45, 2.75) is 15.2 Å². The standard InChI is InChI=1S/C53H32N4S/c54-33-34-19-21-35(22-20-34)36-23-25-37(26-24-36)40-27-29-46-48(31-40)58-49-32-41(28-30-47(49)53(46)44-17-9-7-15-42(44)43-16-8-10-18-45(43)53)52-56-50(38-11-3-1-4-12-38)55-51(57-52)39-13-5-2-6-14-39/h1-32H. The Balaban J connectivity index is 1.08. The summed E-state index contributed by atoms with van der Waals surface area (Å²) in [7, 11) is 0. The molecule has 8 aromatic carbocycles. The lowest BCUT2D eigenvalue weighted by Gasteiger charge is -2.40. The second kappa shape index (κ2) is 13.7. The first-order valence-corrected chi connectivity index (χ1v) is 20.1. The Kier molecular flexibility index (Phi) is 7.99. The molecule has 0 radical (unpaired) electrons. The molecule has 1 spiro atoms. The third-order valence-electron chi connectivity index (χ3n) is 11.5. The highest BCUT2D eigenvalue weighted by Crippen LogP contribution is 2.62. The van der Waals surface area contributed by atoms with Gasteiger partial charge in [0.1, 0.15) is 0 Å². The molecule has 58 heavy (non-hydrogen) atoms. The van der Waals surface area contributed by atoms with Gasteiger partial charge in [0, 0.05) is 26.5 Å². The number of benzene rings is 8. The molecule has 5 heteroatoms. The van der Waals surface area contributed by atoms with Gasteiger partial charge in [0.25, 0.3) is 0 Å². The Bertz CT molecular complexity index is 2980. The Hall–Kier alpha value is -7.39. The van der Waals surface area contributed by atoms with Crippen molar-refractivity contribution in [3.8, 4) is 73.6 Å². The quantitative estimate of drug-likeness (QED) is 0.175. The maximum Gasteiger partial charge on any atom is 0.164 e. The number of hydrogen-bond acceptors (Lipinski definition) is 5. The van der Waals surface area contributed by atoms with Crippen LogP contribution in [0.15, 0.2) is 204 Å². The summed E-state index contributed by atoms with van der Waals surface area (Å²) in [4.78, 5) is 17.5. The fourth-order valence-corrected chi connectivity index (χ4v) is 10.0. The van der Waals surface area contributed by atoms with Gasteiger partial charge >= 0.3 is 0 Å². The monoisotopic (exact) mass is 756 g/mol. The largest absolute Gasteiger partial charge is 0.208 e. The summed E-state index contributed by atoms with van der Waals surface area (Å²) >= 11 is 1.82. The molecule has 1 aromatic heterocycles. The van der Waals surface area contributed by atoms with Gasteiger partial charge in [-0.15, -0.1) is 0 Å². The van der Waals surface area contributed by atoms with Crippen LogP contribution < -0.4 is 0 Å². The number of aromatic nitrogens is 3. The van der Waals surface area contributed by atoms with Gasteiger partial charge in [-0.25, -0.2) is 15.0 Å². The molecular weight excluding hydrogens is 725 g/mol. The zero-order valence-electron chi connectivity index (χ0n) is 31.2. The van der Waals surface area contributed by atoms with Gasteiger partial charge in [-0.1, -0.05) is 182 Å². The number of hydrogen-bond donors (Lipinski definition) is 0. The molecule has 11 rings (SSSR count). The van der Waals surface area contributed by atoms with E-state index in [9.17, 15) is 5.26 Å². The van der Waals surface area contributed by atoms with Crippen LogP contribution in [0.5, 0.6) is 0 Å². The third kappa shape index (κ3) is 5.42. The lowest BCUT2D eigenvalue weighted by atomic mass is 9.67. The van der Waals surface area contributed by atoms with Crippen LogP contribution in [0, 0.1) is 11.3 Å². The highest BCUT2D eigenvalue weighted by atomic mass is 32.2. The molecule has 0 amide bonds. The van der Waals surface area contributed by atoms with E-state index in [4.69, 9.17) is 15.0 Å². The van der Waals surface area contributed by atoms with Gasteiger partial charge in [-0.2, -0.15) is 5.26 Å². The Morgan fingerprint density at radius 3 is 1.28 bits per heavy atom. The van der Waals surface area contributed by atoms with Gasteiger partial charge in [0.2, 0.25) is 0 Å². The first kappa shape index (κ1) is 33.9. The predicted molar refractivity (Wildman–Crippen MR) is 233 cm³/mol. The smallest absolute Gasteiger partial charge is 0.164 e. The first-order chi connectivity index (χ1) is 28.7. The number of nitrogens with zero attached hydrogens (tertiary/aromatic N) is 4. The molecule has 0 N–H and O–H groups in total. The fourth-order valence-electron chi connectivity index (χ4n) is 8.76. The van der Waals surface area contributed by atoms with E-state index in [-0.39, 0.29) is 0 Å². The summed E-state index contributed by atoms with van der Waals surface area (Å²) in [5.74, 6) is 1.93. The van der Waals surface area contributed by atoms with E-state index in [0.717, 1.165) is 38.9 Å². The van der Waals surface area contributed by atoms with Gasteiger partial charge in [0.15, 0.2) is 17.5 Å². The van der Waals surface area contributed by atoms with Crippen LogP contribution in [0.3, 0.4) is 0 Å². The minimum absolute atomic E-state index is 0.511. The normalized spacial score (nSPS) is 12.9. The fraction of sp³-hybridized carbons (Fsp3) is 0.0189. The van der Waals surface area contributed by atoms with Gasteiger partial charge in [-0.3, -0.25) is 0 Å². The van der Waals surface area contributed by atoms with Gasteiger partial charge < -0.3 is 0 Å². The molecule has 4 nitrogen and oxygen atoms in total. The van der Waals surface area contributed by atoms with Crippen molar-refractivity contribution in [1.29, 1.82) is 5.26 Å². The van der Waals surface area contributed by atoms with Crippen molar-refractivity contribution in [3.63, 3.8) is 0 Å². The lowest BCUT2D eigenvalue weighted by Crippen LogP contribution is -2.32. The Morgan fingerprint density at radius 2 is 0.759 bits per heavy atom. The van der Waals surface area contributed by atoms with E-state index in [1.165, 1.54) is 43.2 Å². The highest BCUT2D eigenvalue weighted by Gasteiger charge is 2.50. The van der Waals surface area contributed by atoms with E-state index in [1.54, 1.807) is 0 Å². The molecular formula is C53H32N4S. The maximum absolute atomic E-state index is 9.27. The van der Waals surface area contributed by atoms with Crippen molar-refractivity contribution in [2.24, 2.45) is 0 Å². The first-order valence-electron chi connectivity index (χ1n) is 19.3. The molecule has 0 atom stereocenters. The average Bonchev–Trinajstić information content (AvgIpc) is 3.59. The molecule has 1 aliphatic heterocycles. The topological polar surface area (TPSA) is 62.5 Å². The molecule has 0 saturated heterocycles. The molecule has 2 heterocycles. The number of rotatable bonds is 5. The molecule has 0 unspecified atom stereocenters. The van der Waals surface area contributed by atoms with Crippen molar-refractivity contribution in [2.75, 3.05) is 0 Å². The number of nitriles is 1. The minimum atomic E-state index is -0.511. The second-order valence-corrected chi connectivity index (χ2v) is 15.8. The summed E-state index contributed by atoms with van der Waals surface area (Å²) in [6.45, 7) is 0. The molecule has 270 valence electrons. The van der Waals surface area contributed by atoms with E-state index in [2.05, 4.69) is 115 Å². The summed E-state index contributed by atoms with van der Waals surface area (Å²) < 4.78 is 0. The molecule has 0 fully saturated rings. The van der Waals surface area contributed by atoms with E-state index >= 15 is 0 Å². The molecule has 0 saturated carbocycles. The van der Waals surface area contributed by atoms with Crippen molar-refractivity contribution >= 4 is 11.8 Å².